The summed E-state index contributed by atoms with van der Waals surface area (Å²) in [4.78, 5) is 20.2. The molecule has 1 aromatic carbocycles. The number of alkyl halides is 1. The van der Waals surface area contributed by atoms with Gasteiger partial charge in [0.25, 0.3) is 5.91 Å². The molecular weight excluding hydrogens is 374 g/mol. The summed E-state index contributed by atoms with van der Waals surface area (Å²) < 4.78 is 112. The van der Waals surface area contributed by atoms with Crippen LogP contribution in [-0.2, 0) is 6.50 Å². The molecule has 27 heavy (non-hydrogen) atoms. The predicted molar refractivity (Wildman–Crippen MR) is 98.9 cm³/mol. The number of aromatic nitrogens is 2. The van der Waals surface area contributed by atoms with E-state index in [0.717, 1.165) is 6.07 Å². The number of rotatable bonds is 5. The van der Waals surface area contributed by atoms with Crippen molar-refractivity contribution in [1.82, 2.24) is 20.2 Å². The van der Waals surface area contributed by atoms with Gasteiger partial charge >= 0.3 is 0 Å². The number of likely N-dealkylation sites (tertiary alicyclic amines) is 1. The van der Waals surface area contributed by atoms with Gasteiger partial charge in [-0.3, -0.25) is 4.79 Å². The van der Waals surface area contributed by atoms with Gasteiger partial charge in [-0.05, 0) is 30.7 Å². The number of nitrogens with zero attached hydrogens (tertiary/aromatic N) is 3. The molecule has 0 bridgehead atoms. The molecular formula is C19H21ClF2N4O. The Morgan fingerprint density at radius 3 is 2.70 bits per heavy atom. The van der Waals surface area contributed by atoms with Crippen molar-refractivity contribution in [3.05, 3.63) is 58.4 Å². The van der Waals surface area contributed by atoms with E-state index in [-0.39, 0.29) is 0 Å². The third-order valence-electron chi connectivity index (χ3n) is 3.41. The van der Waals surface area contributed by atoms with Gasteiger partial charge in [0.2, 0.25) is 0 Å². The summed E-state index contributed by atoms with van der Waals surface area (Å²) in [5, 5.41) is 1.34. The van der Waals surface area contributed by atoms with Crippen LogP contribution in [0.2, 0.25) is 5.02 Å². The van der Waals surface area contributed by atoms with Crippen LogP contribution >= 0.6 is 11.6 Å². The van der Waals surface area contributed by atoms with Crippen LogP contribution in [0.15, 0.2) is 30.6 Å². The van der Waals surface area contributed by atoms with E-state index in [9.17, 15) is 9.18 Å². The number of halogens is 3. The Bertz CT molecular complexity index is 1190. The van der Waals surface area contributed by atoms with Crippen LogP contribution in [0.5, 0.6) is 0 Å². The average molecular weight is 405 g/mol. The summed E-state index contributed by atoms with van der Waals surface area (Å²) in [7, 11) is 0. The first-order valence-corrected chi connectivity index (χ1v) is 8.06. The molecule has 0 radical (unpaired) electrons. The molecule has 2 aromatic rings. The molecule has 0 spiro atoms. The molecule has 3 rings (SSSR count). The summed E-state index contributed by atoms with van der Waals surface area (Å²) in [5.74, 6) is -3.10. The first-order chi connectivity index (χ1) is 16.6. The number of hydrogen-bond donors (Lipinski definition) is 1. The molecule has 2 heterocycles. The van der Waals surface area contributed by atoms with Gasteiger partial charge in [-0.25, -0.2) is 18.7 Å². The van der Waals surface area contributed by atoms with E-state index in [0.29, 0.717) is 17.7 Å². The van der Waals surface area contributed by atoms with E-state index in [2.05, 4.69) is 9.97 Å². The van der Waals surface area contributed by atoms with Gasteiger partial charge < -0.3 is 10.2 Å². The fraction of sp³-hybridized carbons (Fsp3) is 0.421. The van der Waals surface area contributed by atoms with Crippen molar-refractivity contribution in [2.24, 2.45) is 0 Å². The second-order valence-corrected chi connectivity index (χ2v) is 6.01. The van der Waals surface area contributed by atoms with Crippen LogP contribution in [-0.4, -0.2) is 46.0 Å². The van der Waals surface area contributed by atoms with E-state index in [1.54, 1.807) is 6.92 Å². The van der Waals surface area contributed by atoms with E-state index in [4.69, 9.17) is 25.3 Å². The minimum atomic E-state index is -4.09. The number of benzene rings is 1. The zero-order chi connectivity index (χ0) is 28.4. The van der Waals surface area contributed by atoms with Gasteiger partial charge in [0, 0.05) is 61.2 Å². The van der Waals surface area contributed by atoms with Crippen LogP contribution in [0.1, 0.15) is 48.2 Å². The zero-order valence-corrected chi connectivity index (χ0v) is 14.7. The Kier molecular flexibility index (Phi) is 3.19. The van der Waals surface area contributed by atoms with Crippen LogP contribution in [0, 0.1) is 12.7 Å². The molecule has 1 aromatic heterocycles. The van der Waals surface area contributed by atoms with Crippen molar-refractivity contribution in [2.45, 2.75) is 31.8 Å². The lowest BCUT2D eigenvalue weighted by atomic mass is 9.92. The standard InChI is InChI=1S/C19H21ClF2N4O/c1-13-9-24-17(25-10-13)11-23-12-19(22)4-6-26(7-5-19)18(27)14-2-3-16(21)15(20)8-14/h2-3,8-10,23H,4-7,11-12H2,1H3/i4D2,5D2,6D2,7D2,11D2. The van der Waals surface area contributed by atoms with Crippen molar-refractivity contribution < 1.29 is 27.3 Å². The Hall–Kier alpha value is -2.12. The fourth-order valence-electron chi connectivity index (χ4n) is 2.00. The lowest BCUT2D eigenvalue weighted by molar-refractivity contribution is 0.0434. The maximum Gasteiger partial charge on any atom is 0.253 e. The zero-order valence-electron chi connectivity index (χ0n) is 24.0. The fourth-order valence-corrected chi connectivity index (χ4v) is 2.18. The molecule has 1 amide bonds. The number of piperidine rings is 1. The molecule has 0 atom stereocenters. The normalized spacial score (nSPS) is 29.9. The smallest absolute Gasteiger partial charge is 0.253 e. The lowest BCUT2D eigenvalue weighted by Gasteiger charge is -2.36. The van der Waals surface area contributed by atoms with E-state index >= 15 is 4.39 Å². The number of hydrogen-bond acceptors (Lipinski definition) is 4. The Morgan fingerprint density at radius 2 is 2.07 bits per heavy atom. The topological polar surface area (TPSA) is 58.1 Å². The molecule has 1 aliphatic rings. The van der Waals surface area contributed by atoms with E-state index in [1.165, 1.54) is 12.4 Å². The van der Waals surface area contributed by atoms with E-state index in [1.807, 2.05) is 5.32 Å². The maximum absolute atomic E-state index is 16.5. The molecule has 1 aliphatic heterocycles. The summed E-state index contributed by atoms with van der Waals surface area (Å²) in [5.41, 5.74) is -4.14. The van der Waals surface area contributed by atoms with Gasteiger partial charge in [0.1, 0.15) is 17.3 Å². The Labute approximate surface area is 175 Å². The van der Waals surface area contributed by atoms with Crippen LogP contribution in [0.4, 0.5) is 8.78 Å². The van der Waals surface area contributed by atoms with Crippen molar-refractivity contribution >= 4 is 17.5 Å². The van der Waals surface area contributed by atoms with Crippen molar-refractivity contribution in [1.29, 1.82) is 0 Å². The quantitative estimate of drug-likeness (QED) is 0.830. The number of carbonyl (C=O) groups excluding carboxylic acids is 1. The van der Waals surface area contributed by atoms with Crippen molar-refractivity contribution in [3.8, 4) is 0 Å². The second kappa shape index (κ2) is 8.27. The molecule has 144 valence electrons. The van der Waals surface area contributed by atoms with Crippen LogP contribution < -0.4 is 5.32 Å². The van der Waals surface area contributed by atoms with Crippen LogP contribution in [0.3, 0.4) is 0 Å². The van der Waals surface area contributed by atoms with Gasteiger partial charge in [0.15, 0.2) is 0 Å². The molecule has 0 aliphatic carbocycles. The van der Waals surface area contributed by atoms with E-state index < -0.39 is 77.5 Å². The van der Waals surface area contributed by atoms with Crippen molar-refractivity contribution in [2.75, 3.05) is 19.5 Å². The highest BCUT2D eigenvalue weighted by Gasteiger charge is 2.36. The first-order valence-electron chi connectivity index (χ1n) is 12.7. The number of nitrogens with one attached hydrogen (secondary N) is 1. The first kappa shape index (κ1) is 10.4. The predicted octanol–water partition coefficient (Wildman–Crippen LogP) is 3.31. The summed E-state index contributed by atoms with van der Waals surface area (Å²) in [6.07, 6.45) is -5.44. The molecule has 1 saturated heterocycles. The number of carbonyl (C=O) groups is 1. The third-order valence-corrected chi connectivity index (χ3v) is 3.70. The highest BCUT2D eigenvalue weighted by molar-refractivity contribution is 6.31. The SMILES string of the molecule is [2H]C([2H])(NCC1(F)C([2H])([2H])C([2H])([2H])N(C(=O)c2ccc(F)c(Cl)c2)C([2H])([2H])C1([2H])[2H])c1ncc(C)cn1. The monoisotopic (exact) mass is 404 g/mol. The van der Waals surface area contributed by atoms with Crippen molar-refractivity contribution in [3.63, 3.8) is 0 Å². The van der Waals surface area contributed by atoms with Gasteiger partial charge in [-0.15, -0.1) is 0 Å². The number of aryl methyl sites for hydroxylation is 1. The molecule has 1 N–H and O–H groups in total. The van der Waals surface area contributed by atoms with Gasteiger partial charge in [0.05, 0.1) is 14.3 Å². The molecule has 0 saturated carbocycles. The second-order valence-electron chi connectivity index (χ2n) is 5.61. The minimum absolute atomic E-state index is 0.418. The molecule has 8 heteroatoms. The molecule has 0 unspecified atom stereocenters. The summed E-state index contributed by atoms with van der Waals surface area (Å²) in [6, 6.07) is 2.23. The Morgan fingerprint density at radius 1 is 1.41 bits per heavy atom. The summed E-state index contributed by atoms with van der Waals surface area (Å²) in [6.45, 7) is -10.4. The molecule has 5 nitrogen and oxygen atoms in total. The largest absolute Gasteiger partial charge is 0.338 e. The minimum Gasteiger partial charge on any atom is -0.338 e. The average Bonchev–Trinajstić information content (AvgIpc) is 2.78. The van der Waals surface area contributed by atoms with Gasteiger partial charge in [-0.2, -0.15) is 0 Å². The summed E-state index contributed by atoms with van der Waals surface area (Å²) >= 11 is 5.64. The maximum atomic E-state index is 16.5. The van der Waals surface area contributed by atoms with Gasteiger partial charge in [-0.1, -0.05) is 11.6 Å². The highest BCUT2D eigenvalue weighted by atomic mass is 35.5. The Balaban J connectivity index is 2.08. The molecule has 1 fully saturated rings. The third kappa shape index (κ3) is 4.99. The highest BCUT2D eigenvalue weighted by Crippen LogP contribution is 2.27. The number of amides is 1. The lowest BCUT2D eigenvalue weighted by Crippen LogP contribution is -2.48. The van der Waals surface area contributed by atoms with Crippen LogP contribution in [0.25, 0.3) is 0 Å².